The number of nitro benzene ring substituents is 1. The van der Waals surface area contributed by atoms with Crippen LogP contribution in [0.3, 0.4) is 0 Å². The van der Waals surface area contributed by atoms with Crippen molar-refractivity contribution in [3.05, 3.63) is 33.4 Å². The van der Waals surface area contributed by atoms with E-state index in [1.807, 2.05) is 0 Å². The van der Waals surface area contributed by atoms with Gasteiger partial charge in [0.25, 0.3) is 5.69 Å². The van der Waals surface area contributed by atoms with Gasteiger partial charge in [-0.05, 0) is 38.0 Å². The molecule has 19 heavy (non-hydrogen) atoms. The number of ether oxygens (including phenoxy) is 1. The number of anilines is 1. The van der Waals surface area contributed by atoms with Crippen molar-refractivity contribution in [2.24, 2.45) is 0 Å². The Bertz CT molecular complexity index is 539. The molecule has 0 aromatic heterocycles. The second-order valence-corrected chi connectivity index (χ2v) is 3.89. The minimum atomic E-state index is -1.07. The average Bonchev–Trinajstić information content (AvgIpc) is 2.33. The summed E-state index contributed by atoms with van der Waals surface area (Å²) in [5.41, 5.74) is 1.21. The van der Waals surface area contributed by atoms with Gasteiger partial charge in [-0.2, -0.15) is 0 Å². The van der Waals surface area contributed by atoms with Gasteiger partial charge < -0.3 is 10.1 Å². The topological polar surface area (TPSA) is 98.5 Å². The molecular formula is C12H14N2O5. The molecule has 7 nitrogen and oxygen atoms in total. The van der Waals surface area contributed by atoms with Gasteiger partial charge in [0.05, 0.1) is 11.5 Å². The number of nitrogens with one attached hydrogen (secondary N) is 1. The Hall–Kier alpha value is -2.44. The van der Waals surface area contributed by atoms with Crippen molar-refractivity contribution >= 4 is 23.3 Å². The maximum absolute atomic E-state index is 11.5. The zero-order chi connectivity index (χ0) is 14.6. The third kappa shape index (κ3) is 3.51. The Kier molecular flexibility index (Phi) is 4.57. The fraction of sp³-hybridized carbons (Fsp3) is 0.333. The Balaban J connectivity index is 3.06. The summed E-state index contributed by atoms with van der Waals surface area (Å²) in [6.07, 6.45) is 0. The van der Waals surface area contributed by atoms with Crippen LogP contribution < -0.4 is 5.32 Å². The lowest BCUT2D eigenvalue weighted by molar-refractivity contribution is -0.384. The molecule has 0 atom stereocenters. The van der Waals surface area contributed by atoms with E-state index in [2.05, 4.69) is 10.1 Å². The van der Waals surface area contributed by atoms with E-state index in [-0.39, 0.29) is 18.0 Å². The van der Waals surface area contributed by atoms with E-state index in [0.29, 0.717) is 0 Å². The van der Waals surface area contributed by atoms with Crippen molar-refractivity contribution in [3.8, 4) is 0 Å². The highest BCUT2D eigenvalue weighted by molar-refractivity contribution is 6.37. The summed E-state index contributed by atoms with van der Waals surface area (Å²) in [7, 11) is 0. The first-order chi connectivity index (χ1) is 8.86. The monoisotopic (exact) mass is 266 g/mol. The maximum Gasteiger partial charge on any atom is 0.397 e. The van der Waals surface area contributed by atoms with Gasteiger partial charge in [0, 0.05) is 6.07 Å². The number of hydrogen-bond donors (Lipinski definition) is 1. The van der Waals surface area contributed by atoms with E-state index in [0.717, 1.165) is 11.1 Å². The van der Waals surface area contributed by atoms with Gasteiger partial charge in [-0.3, -0.25) is 14.9 Å². The summed E-state index contributed by atoms with van der Waals surface area (Å²) in [6, 6.07) is 2.79. The maximum atomic E-state index is 11.5. The number of nitro groups is 1. The number of nitrogens with zero attached hydrogens (tertiary/aromatic N) is 1. The fourth-order valence-corrected chi connectivity index (χ4v) is 1.42. The summed E-state index contributed by atoms with van der Waals surface area (Å²) in [4.78, 5) is 32.9. The molecule has 102 valence electrons. The summed E-state index contributed by atoms with van der Waals surface area (Å²) in [6.45, 7) is 5.09. The fourth-order valence-electron chi connectivity index (χ4n) is 1.42. The van der Waals surface area contributed by atoms with Crippen LogP contribution in [0.5, 0.6) is 0 Å². The first-order valence-corrected chi connectivity index (χ1v) is 5.60. The standard InChI is InChI=1S/C12H14N2O5/c1-4-19-12(16)11(15)13-9-5-7(2)8(3)6-10(9)14(17)18/h5-6H,4H2,1-3H3,(H,13,15). The van der Waals surface area contributed by atoms with E-state index in [9.17, 15) is 19.7 Å². The summed E-state index contributed by atoms with van der Waals surface area (Å²) < 4.78 is 4.51. The highest BCUT2D eigenvalue weighted by Crippen LogP contribution is 2.27. The smallest absolute Gasteiger partial charge is 0.397 e. The molecule has 0 aliphatic rings. The van der Waals surface area contributed by atoms with Gasteiger partial charge in [-0.25, -0.2) is 4.79 Å². The molecule has 1 amide bonds. The lowest BCUT2D eigenvalue weighted by Gasteiger charge is -2.08. The van der Waals surface area contributed by atoms with Crippen LogP contribution in [-0.2, 0) is 14.3 Å². The van der Waals surface area contributed by atoms with Gasteiger partial charge in [-0.15, -0.1) is 0 Å². The van der Waals surface area contributed by atoms with Gasteiger partial charge in [0.2, 0.25) is 0 Å². The average molecular weight is 266 g/mol. The summed E-state index contributed by atoms with van der Waals surface area (Å²) in [5, 5.41) is 13.1. The number of aryl methyl sites for hydroxylation is 2. The van der Waals surface area contributed by atoms with Crippen LogP contribution in [0.25, 0.3) is 0 Å². The molecule has 0 aliphatic carbocycles. The van der Waals surface area contributed by atoms with E-state index in [1.54, 1.807) is 20.8 Å². The largest absolute Gasteiger partial charge is 0.459 e. The third-order valence-electron chi connectivity index (χ3n) is 2.52. The molecule has 0 radical (unpaired) electrons. The number of benzene rings is 1. The van der Waals surface area contributed by atoms with Crippen LogP contribution in [0.2, 0.25) is 0 Å². The van der Waals surface area contributed by atoms with Crippen LogP contribution in [0.1, 0.15) is 18.1 Å². The molecule has 0 unspecified atom stereocenters. The van der Waals surface area contributed by atoms with Crippen LogP contribution in [0.15, 0.2) is 12.1 Å². The van der Waals surface area contributed by atoms with Crippen molar-refractivity contribution in [2.75, 3.05) is 11.9 Å². The molecule has 1 N–H and O–H groups in total. The van der Waals surface area contributed by atoms with E-state index >= 15 is 0 Å². The molecule has 1 rings (SSSR count). The van der Waals surface area contributed by atoms with Gasteiger partial charge in [0.1, 0.15) is 5.69 Å². The number of rotatable bonds is 3. The van der Waals surface area contributed by atoms with E-state index in [1.165, 1.54) is 12.1 Å². The Morgan fingerprint density at radius 2 is 1.89 bits per heavy atom. The molecule has 0 spiro atoms. The number of esters is 1. The van der Waals surface area contributed by atoms with Crippen molar-refractivity contribution < 1.29 is 19.2 Å². The summed E-state index contributed by atoms with van der Waals surface area (Å²) in [5.74, 6) is -2.11. The number of carbonyl (C=O) groups excluding carboxylic acids is 2. The van der Waals surface area contributed by atoms with Gasteiger partial charge in [0.15, 0.2) is 0 Å². The molecule has 0 saturated heterocycles. The van der Waals surface area contributed by atoms with Crippen LogP contribution >= 0.6 is 0 Å². The lowest BCUT2D eigenvalue weighted by Crippen LogP contribution is -2.25. The van der Waals surface area contributed by atoms with E-state index in [4.69, 9.17) is 0 Å². The molecule has 0 bridgehead atoms. The molecule has 0 aliphatic heterocycles. The van der Waals surface area contributed by atoms with Crippen molar-refractivity contribution in [1.29, 1.82) is 0 Å². The normalized spacial score (nSPS) is 9.84. The molecule has 1 aromatic rings. The second kappa shape index (κ2) is 5.94. The first-order valence-electron chi connectivity index (χ1n) is 5.60. The van der Waals surface area contributed by atoms with Crippen LogP contribution in [-0.4, -0.2) is 23.4 Å². The Morgan fingerprint density at radius 3 is 2.42 bits per heavy atom. The Labute approximate surface area is 109 Å². The van der Waals surface area contributed by atoms with Gasteiger partial charge in [-0.1, -0.05) is 0 Å². The van der Waals surface area contributed by atoms with Gasteiger partial charge >= 0.3 is 11.9 Å². The van der Waals surface area contributed by atoms with Crippen LogP contribution in [0.4, 0.5) is 11.4 Å². The highest BCUT2D eigenvalue weighted by Gasteiger charge is 2.21. The van der Waals surface area contributed by atoms with E-state index < -0.39 is 16.8 Å². The number of hydrogen-bond acceptors (Lipinski definition) is 5. The molecule has 0 heterocycles. The SMILES string of the molecule is CCOC(=O)C(=O)Nc1cc(C)c(C)cc1[N+](=O)[O-]. The molecule has 1 aromatic carbocycles. The second-order valence-electron chi connectivity index (χ2n) is 3.89. The number of amides is 1. The van der Waals surface area contributed by atoms with Crippen LogP contribution in [0, 0.1) is 24.0 Å². The predicted octanol–water partition coefficient (Wildman–Crippen LogP) is 1.71. The highest BCUT2D eigenvalue weighted by atomic mass is 16.6. The molecule has 0 saturated carbocycles. The molecule has 7 heteroatoms. The summed E-state index contributed by atoms with van der Waals surface area (Å²) >= 11 is 0. The minimum absolute atomic E-state index is 0.0221. The van der Waals surface area contributed by atoms with Crippen molar-refractivity contribution in [1.82, 2.24) is 0 Å². The zero-order valence-corrected chi connectivity index (χ0v) is 10.9. The first kappa shape index (κ1) is 14.6. The Morgan fingerprint density at radius 1 is 1.32 bits per heavy atom. The minimum Gasteiger partial charge on any atom is -0.459 e. The van der Waals surface area contributed by atoms with Crippen molar-refractivity contribution in [3.63, 3.8) is 0 Å². The van der Waals surface area contributed by atoms with Crippen molar-refractivity contribution in [2.45, 2.75) is 20.8 Å². The lowest BCUT2D eigenvalue weighted by atomic mass is 10.1. The quantitative estimate of drug-likeness (QED) is 0.388. The molecular weight excluding hydrogens is 252 g/mol. The zero-order valence-electron chi connectivity index (χ0n) is 10.9. The number of carbonyl (C=O) groups is 2. The molecule has 0 fully saturated rings. The third-order valence-corrected chi connectivity index (χ3v) is 2.52. The predicted molar refractivity (Wildman–Crippen MR) is 67.8 cm³/mol.